The predicted octanol–water partition coefficient (Wildman–Crippen LogP) is 4.13. The molecule has 2 aromatic carbocycles. The molecule has 0 unspecified atom stereocenters. The van der Waals surface area contributed by atoms with E-state index in [4.69, 9.17) is 9.47 Å². The van der Waals surface area contributed by atoms with Crippen LogP contribution in [0.5, 0.6) is 11.5 Å². The maximum atomic E-state index is 9.20. The molecule has 0 saturated carbocycles. The van der Waals surface area contributed by atoms with Gasteiger partial charge in [0.05, 0.1) is 17.3 Å². The molecule has 0 saturated heterocycles. The monoisotopic (exact) mass is 448 g/mol. The average Bonchev–Trinajstić information content (AvgIpc) is 2.47. The topological polar surface area (TPSA) is 38.7 Å². The SMILES string of the molecule is COc1cc(CO)cc(I)c1OCc1ccc(Br)cc1. The average molecular weight is 449 g/mol. The fourth-order valence-electron chi connectivity index (χ4n) is 1.74. The largest absolute Gasteiger partial charge is 0.493 e. The number of aliphatic hydroxyl groups excluding tert-OH is 1. The van der Waals surface area contributed by atoms with Crippen molar-refractivity contribution in [3.05, 3.63) is 55.6 Å². The van der Waals surface area contributed by atoms with E-state index in [1.165, 1.54) is 0 Å². The Kier molecular flexibility index (Phi) is 5.68. The quantitative estimate of drug-likeness (QED) is 0.699. The number of methoxy groups -OCH3 is 1. The van der Waals surface area contributed by atoms with Crippen LogP contribution < -0.4 is 9.47 Å². The molecule has 0 atom stereocenters. The van der Waals surface area contributed by atoms with Gasteiger partial charge in [0.2, 0.25) is 0 Å². The maximum Gasteiger partial charge on any atom is 0.174 e. The second-order valence-corrected chi connectivity index (χ2v) is 6.26. The van der Waals surface area contributed by atoms with Crippen LogP contribution in [0.2, 0.25) is 0 Å². The summed E-state index contributed by atoms with van der Waals surface area (Å²) in [4.78, 5) is 0. The third kappa shape index (κ3) is 3.86. The van der Waals surface area contributed by atoms with Crippen LogP contribution in [0.1, 0.15) is 11.1 Å². The Hall–Kier alpha value is -0.790. The highest BCUT2D eigenvalue weighted by molar-refractivity contribution is 14.1. The zero-order valence-corrected chi connectivity index (χ0v) is 14.6. The van der Waals surface area contributed by atoms with Gasteiger partial charge in [-0.05, 0) is 58.0 Å². The van der Waals surface area contributed by atoms with Crippen LogP contribution in [0, 0.1) is 3.57 Å². The summed E-state index contributed by atoms with van der Waals surface area (Å²) >= 11 is 5.59. The zero-order chi connectivity index (χ0) is 14.5. The fourth-order valence-corrected chi connectivity index (χ4v) is 2.83. The van der Waals surface area contributed by atoms with Crippen molar-refractivity contribution in [2.45, 2.75) is 13.2 Å². The molecule has 0 fully saturated rings. The highest BCUT2D eigenvalue weighted by Gasteiger charge is 2.11. The van der Waals surface area contributed by atoms with Gasteiger partial charge in [0.15, 0.2) is 11.5 Å². The smallest absolute Gasteiger partial charge is 0.174 e. The highest BCUT2D eigenvalue weighted by atomic mass is 127. The summed E-state index contributed by atoms with van der Waals surface area (Å²) in [5.41, 5.74) is 1.89. The summed E-state index contributed by atoms with van der Waals surface area (Å²) in [6.45, 7) is 0.456. The van der Waals surface area contributed by atoms with Crippen LogP contribution >= 0.6 is 38.5 Å². The lowest BCUT2D eigenvalue weighted by molar-refractivity contribution is 0.273. The molecule has 3 nitrogen and oxygen atoms in total. The minimum atomic E-state index is -0.0145. The Labute approximate surface area is 140 Å². The van der Waals surface area contributed by atoms with Crippen molar-refractivity contribution in [3.8, 4) is 11.5 Å². The Morgan fingerprint density at radius 2 is 1.85 bits per heavy atom. The number of rotatable bonds is 5. The molecule has 0 spiro atoms. The van der Waals surface area contributed by atoms with Crippen molar-refractivity contribution < 1.29 is 14.6 Å². The molecule has 0 bridgehead atoms. The van der Waals surface area contributed by atoms with Crippen LogP contribution in [0.3, 0.4) is 0 Å². The third-order valence-electron chi connectivity index (χ3n) is 2.77. The van der Waals surface area contributed by atoms with Gasteiger partial charge in [-0.3, -0.25) is 0 Å². The van der Waals surface area contributed by atoms with Gasteiger partial charge in [-0.2, -0.15) is 0 Å². The molecule has 1 N–H and O–H groups in total. The maximum absolute atomic E-state index is 9.20. The highest BCUT2D eigenvalue weighted by Crippen LogP contribution is 2.34. The van der Waals surface area contributed by atoms with Crippen molar-refractivity contribution >= 4 is 38.5 Å². The lowest BCUT2D eigenvalue weighted by Crippen LogP contribution is -2.00. The number of aliphatic hydroxyl groups is 1. The standard InChI is InChI=1S/C15H14BrIO3/c1-19-14-7-11(8-18)6-13(17)15(14)20-9-10-2-4-12(16)5-3-10/h2-7,18H,8-9H2,1H3. The van der Waals surface area contributed by atoms with Gasteiger partial charge in [0, 0.05) is 4.47 Å². The first-order valence-electron chi connectivity index (χ1n) is 5.98. The second-order valence-electron chi connectivity index (χ2n) is 4.18. The second kappa shape index (κ2) is 7.28. The summed E-state index contributed by atoms with van der Waals surface area (Å²) in [6, 6.07) is 11.7. The third-order valence-corrected chi connectivity index (χ3v) is 4.10. The molecule has 0 aliphatic rings. The minimum absolute atomic E-state index is 0.0145. The fraction of sp³-hybridized carbons (Fsp3) is 0.200. The van der Waals surface area contributed by atoms with E-state index in [1.807, 2.05) is 30.3 Å². The molecule has 0 radical (unpaired) electrons. The summed E-state index contributed by atoms with van der Waals surface area (Å²) in [7, 11) is 1.60. The molecular weight excluding hydrogens is 435 g/mol. The van der Waals surface area contributed by atoms with Crippen LogP contribution in [-0.2, 0) is 13.2 Å². The van der Waals surface area contributed by atoms with Crippen LogP contribution in [0.25, 0.3) is 0 Å². The zero-order valence-electron chi connectivity index (χ0n) is 10.9. The molecule has 2 aromatic rings. The van der Waals surface area contributed by atoms with Crippen molar-refractivity contribution in [1.29, 1.82) is 0 Å². The van der Waals surface area contributed by atoms with Crippen LogP contribution in [0.4, 0.5) is 0 Å². The number of halogens is 2. The Balaban J connectivity index is 2.18. The lowest BCUT2D eigenvalue weighted by atomic mass is 10.2. The Morgan fingerprint density at radius 3 is 2.45 bits per heavy atom. The van der Waals surface area contributed by atoms with E-state index in [0.717, 1.165) is 19.2 Å². The van der Waals surface area contributed by atoms with Gasteiger partial charge in [0.25, 0.3) is 0 Å². The first kappa shape index (κ1) is 15.6. The van der Waals surface area contributed by atoms with Gasteiger partial charge in [0.1, 0.15) is 6.61 Å². The van der Waals surface area contributed by atoms with Gasteiger partial charge < -0.3 is 14.6 Å². The number of benzene rings is 2. The van der Waals surface area contributed by atoms with Gasteiger partial charge in [-0.1, -0.05) is 28.1 Å². The number of hydrogen-bond acceptors (Lipinski definition) is 3. The molecule has 2 rings (SSSR count). The van der Waals surface area contributed by atoms with Crippen LogP contribution in [-0.4, -0.2) is 12.2 Å². The summed E-state index contributed by atoms with van der Waals surface area (Å²) in [6.07, 6.45) is 0. The summed E-state index contributed by atoms with van der Waals surface area (Å²) < 4.78 is 13.1. The van der Waals surface area contributed by atoms with Crippen molar-refractivity contribution in [2.24, 2.45) is 0 Å². The molecule has 5 heteroatoms. The number of hydrogen-bond donors (Lipinski definition) is 1. The van der Waals surface area contributed by atoms with E-state index in [-0.39, 0.29) is 6.61 Å². The summed E-state index contributed by atoms with van der Waals surface area (Å²) in [5, 5.41) is 9.20. The minimum Gasteiger partial charge on any atom is -0.493 e. The first-order valence-corrected chi connectivity index (χ1v) is 7.85. The Bertz CT molecular complexity index is 584. The van der Waals surface area contributed by atoms with Crippen molar-refractivity contribution in [2.75, 3.05) is 7.11 Å². The molecule has 0 aliphatic heterocycles. The van der Waals surface area contributed by atoms with Crippen molar-refractivity contribution in [3.63, 3.8) is 0 Å². The lowest BCUT2D eigenvalue weighted by Gasteiger charge is -2.14. The van der Waals surface area contributed by atoms with Gasteiger partial charge in [-0.15, -0.1) is 0 Å². The predicted molar refractivity (Wildman–Crippen MR) is 90.1 cm³/mol. The van der Waals surface area contributed by atoms with E-state index < -0.39 is 0 Å². The first-order chi connectivity index (χ1) is 9.63. The van der Waals surface area contributed by atoms with E-state index in [9.17, 15) is 5.11 Å². The van der Waals surface area contributed by atoms with Gasteiger partial charge >= 0.3 is 0 Å². The Morgan fingerprint density at radius 1 is 1.15 bits per heavy atom. The van der Waals surface area contributed by atoms with Crippen LogP contribution in [0.15, 0.2) is 40.9 Å². The molecule has 20 heavy (non-hydrogen) atoms. The number of ether oxygens (including phenoxy) is 2. The van der Waals surface area contributed by atoms with E-state index in [1.54, 1.807) is 13.2 Å². The van der Waals surface area contributed by atoms with E-state index in [2.05, 4.69) is 38.5 Å². The molecular formula is C15H14BrIO3. The van der Waals surface area contributed by atoms with E-state index in [0.29, 0.717) is 18.1 Å². The normalized spacial score (nSPS) is 10.4. The molecule has 0 aromatic heterocycles. The summed E-state index contributed by atoms with van der Waals surface area (Å²) in [5.74, 6) is 1.34. The molecule has 0 aliphatic carbocycles. The molecule has 0 heterocycles. The molecule has 0 amide bonds. The molecule has 106 valence electrons. The van der Waals surface area contributed by atoms with Gasteiger partial charge in [-0.25, -0.2) is 0 Å². The van der Waals surface area contributed by atoms with E-state index >= 15 is 0 Å². The van der Waals surface area contributed by atoms with Crippen molar-refractivity contribution in [1.82, 2.24) is 0 Å².